The monoisotopic (exact) mass is 220 g/mol. The maximum atomic E-state index is 11.2. The first-order valence-electron chi connectivity index (χ1n) is 4.91. The van der Waals surface area contributed by atoms with Gasteiger partial charge in [0.05, 0.1) is 13.1 Å². The zero-order chi connectivity index (χ0) is 11.5. The summed E-state index contributed by atoms with van der Waals surface area (Å²) in [5.41, 5.74) is 6.43. The Morgan fingerprint density at radius 1 is 1.38 bits per heavy atom. The number of imide groups is 1. The summed E-state index contributed by atoms with van der Waals surface area (Å²) in [6.45, 7) is 0.697. The number of rotatable bonds is 2. The van der Waals surface area contributed by atoms with Crippen LogP contribution in [0.15, 0.2) is 18.3 Å². The van der Waals surface area contributed by atoms with Gasteiger partial charge in [-0.3, -0.25) is 14.9 Å². The lowest BCUT2D eigenvalue weighted by Crippen LogP contribution is -2.51. The van der Waals surface area contributed by atoms with Crippen LogP contribution in [0.4, 0.5) is 5.82 Å². The predicted octanol–water partition coefficient (Wildman–Crippen LogP) is -0.997. The third kappa shape index (κ3) is 2.17. The molecule has 84 valence electrons. The van der Waals surface area contributed by atoms with Crippen LogP contribution >= 0.6 is 0 Å². The van der Waals surface area contributed by atoms with Gasteiger partial charge in [0.15, 0.2) is 0 Å². The minimum atomic E-state index is -0.309. The van der Waals surface area contributed by atoms with E-state index < -0.39 is 0 Å². The van der Waals surface area contributed by atoms with Gasteiger partial charge in [-0.1, -0.05) is 0 Å². The summed E-state index contributed by atoms with van der Waals surface area (Å²) in [7, 11) is 0. The number of anilines is 1. The number of hydrogen-bond acceptors (Lipinski definition) is 5. The second-order valence-electron chi connectivity index (χ2n) is 3.55. The number of hydrogen-bond donors (Lipinski definition) is 2. The normalized spacial score (nSPS) is 16.2. The summed E-state index contributed by atoms with van der Waals surface area (Å²) in [5.74, 6) is -0.0152. The number of carbonyl (C=O) groups is 2. The van der Waals surface area contributed by atoms with Gasteiger partial charge >= 0.3 is 0 Å². The lowest BCUT2D eigenvalue weighted by molar-refractivity contribution is -0.130. The molecule has 6 nitrogen and oxygen atoms in total. The molecule has 0 atom stereocenters. The molecule has 1 aromatic heterocycles. The van der Waals surface area contributed by atoms with Gasteiger partial charge in [-0.05, 0) is 17.7 Å². The molecule has 6 heteroatoms. The van der Waals surface area contributed by atoms with E-state index in [9.17, 15) is 9.59 Å². The van der Waals surface area contributed by atoms with Gasteiger partial charge in [0, 0.05) is 12.7 Å². The molecular formula is C10H12N4O2. The lowest BCUT2D eigenvalue weighted by Gasteiger charge is -2.26. The summed E-state index contributed by atoms with van der Waals surface area (Å²) < 4.78 is 0. The van der Waals surface area contributed by atoms with Gasteiger partial charge in [0.2, 0.25) is 11.8 Å². The minimum absolute atomic E-state index is 0.146. The number of pyridine rings is 1. The van der Waals surface area contributed by atoms with E-state index in [4.69, 9.17) is 5.73 Å². The smallest absolute Gasteiger partial charge is 0.246 e. The Kier molecular flexibility index (Phi) is 2.82. The van der Waals surface area contributed by atoms with Gasteiger partial charge in [0.1, 0.15) is 5.82 Å². The molecule has 1 aliphatic rings. The van der Waals surface area contributed by atoms with E-state index in [1.807, 2.05) is 0 Å². The van der Waals surface area contributed by atoms with Crippen molar-refractivity contribution in [2.75, 3.05) is 18.0 Å². The summed E-state index contributed by atoms with van der Waals surface area (Å²) in [6.07, 6.45) is 1.62. The van der Waals surface area contributed by atoms with Crippen LogP contribution in [0, 0.1) is 0 Å². The van der Waals surface area contributed by atoms with E-state index in [1.54, 1.807) is 23.2 Å². The van der Waals surface area contributed by atoms with E-state index in [-0.39, 0.29) is 24.9 Å². The Morgan fingerprint density at radius 2 is 2.06 bits per heavy atom. The molecule has 3 N–H and O–H groups in total. The first kappa shape index (κ1) is 10.6. The highest BCUT2D eigenvalue weighted by Gasteiger charge is 2.23. The van der Waals surface area contributed by atoms with Crippen molar-refractivity contribution >= 4 is 17.6 Å². The first-order chi connectivity index (χ1) is 7.69. The topological polar surface area (TPSA) is 88.3 Å². The van der Waals surface area contributed by atoms with E-state index >= 15 is 0 Å². The zero-order valence-electron chi connectivity index (χ0n) is 8.64. The van der Waals surface area contributed by atoms with E-state index in [1.165, 1.54) is 0 Å². The van der Waals surface area contributed by atoms with Gasteiger partial charge in [-0.2, -0.15) is 0 Å². The van der Waals surface area contributed by atoms with Crippen LogP contribution in [0.2, 0.25) is 0 Å². The largest absolute Gasteiger partial charge is 0.338 e. The summed E-state index contributed by atoms with van der Waals surface area (Å²) >= 11 is 0. The van der Waals surface area contributed by atoms with Crippen molar-refractivity contribution in [3.63, 3.8) is 0 Å². The quantitative estimate of drug-likeness (QED) is 0.624. The molecule has 0 aliphatic carbocycles. The van der Waals surface area contributed by atoms with Gasteiger partial charge in [0.25, 0.3) is 0 Å². The molecule has 0 aromatic carbocycles. The van der Waals surface area contributed by atoms with Crippen LogP contribution in [0.3, 0.4) is 0 Å². The Labute approximate surface area is 92.4 Å². The number of nitrogens with two attached hydrogens (primary N) is 1. The van der Waals surface area contributed by atoms with Gasteiger partial charge in [-0.15, -0.1) is 0 Å². The molecule has 0 saturated carbocycles. The Hall–Kier alpha value is -1.95. The Bertz CT molecular complexity index is 417. The molecule has 2 heterocycles. The molecule has 16 heavy (non-hydrogen) atoms. The molecule has 2 rings (SSSR count). The molecular weight excluding hydrogens is 208 g/mol. The van der Waals surface area contributed by atoms with Crippen molar-refractivity contribution in [3.05, 3.63) is 23.9 Å². The highest BCUT2D eigenvalue weighted by atomic mass is 16.2. The molecule has 2 amide bonds. The summed E-state index contributed by atoms with van der Waals surface area (Å²) in [4.78, 5) is 28.1. The maximum absolute atomic E-state index is 11.2. The molecule has 1 fully saturated rings. The highest BCUT2D eigenvalue weighted by molar-refractivity contribution is 6.02. The predicted molar refractivity (Wildman–Crippen MR) is 57.5 cm³/mol. The fourth-order valence-electron chi connectivity index (χ4n) is 1.56. The highest BCUT2D eigenvalue weighted by Crippen LogP contribution is 2.13. The molecule has 0 spiro atoms. The summed E-state index contributed by atoms with van der Waals surface area (Å²) in [5, 5.41) is 2.24. The van der Waals surface area contributed by atoms with E-state index in [0.29, 0.717) is 12.4 Å². The number of piperazine rings is 1. The fraction of sp³-hybridized carbons (Fsp3) is 0.300. The van der Waals surface area contributed by atoms with Crippen LogP contribution in [0.5, 0.6) is 0 Å². The minimum Gasteiger partial charge on any atom is -0.338 e. The fourth-order valence-corrected chi connectivity index (χ4v) is 1.56. The molecule has 0 radical (unpaired) electrons. The van der Waals surface area contributed by atoms with Crippen molar-refractivity contribution in [3.8, 4) is 0 Å². The van der Waals surface area contributed by atoms with Gasteiger partial charge in [-0.25, -0.2) is 4.98 Å². The first-order valence-corrected chi connectivity index (χ1v) is 4.91. The van der Waals surface area contributed by atoms with E-state index in [2.05, 4.69) is 10.3 Å². The SMILES string of the molecule is NCc1ccnc(N2CC(=O)NC(=O)C2)c1. The van der Waals surface area contributed by atoms with Crippen LogP contribution in [0.1, 0.15) is 5.56 Å². The molecule has 1 saturated heterocycles. The van der Waals surface area contributed by atoms with Crippen molar-refractivity contribution < 1.29 is 9.59 Å². The van der Waals surface area contributed by atoms with Crippen molar-refractivity contribution in [1.29, 1.82) is 0 Å². The number of carbonyl (C=O) groups excluding carboxylic acids is 2. The third-order valence-electron chi connectivity index (χ3n) is 2.32. The van der Waals surface area contributed by atoms with Crippen LogP contribution in [0.25, 0.3) is 0 Å². The maximum Gasteiger partial charge on any atom is 0.246 e. The molecule has 1 aliphatic heterocycles. The molecule has 1 aromatic rings. The van der Waals surface area contributed by atoms with Crippen LogP contribution < -0.4 is 16.0 Å². The summed E-state index contributed by atoms with van der Waals surface area (Å²) in [6, 6.07) is 3.58. The standard InChI is InChI=1S/C10H12N4O2/c11-4-7-1-2-12-8(3-7)14-5-9(15)13-10(16)6-14/h1-3H,4-6,11H2,(H,13,15,16). The van der Waals surface area contributed by atoms with Crippen LogP contribution in [-0.2, 0) is 16.1 Å². The number of amides is 2. The number of aromatic nitrogens is 1. The average molecular weight is 220 g/mol. The Morgan fingerprint density at radius 3 is 2.69 bits per heavy atom. The lowest BCUT2D eigenvalue weighted by atomic mass is 10.2. The second kappa shape index (κ2) is 4.28. The number of nitrogens with one attached hydrogen (secondary N) is 1. The van der Waals surface area contributed by atoms with Crippen molar-refractivity contribution in [2.45, 2.75) is 6.54 Å². The Balaban J connectivity index is 2.22. The third-order valence-corrected chi connectivity index (χ3v) is 2.32. The second-order valence-corrected chi connectivity index (χ2v) is 3.55. The average Bonchev–Trinajstić information content (AvgIpc) is 2.28. The van der Waals surface area contributed by atoms with E-state index in [0.717, 1.165) is 5.56 Å². The zero-order valence-corrected chi connectivity index (χ0v) is 8.64. The molecule has 0 bridgehead atoms. The van der Waals surface area contributed by atoms with Crippen molar-refractivity contribution in [2.24, 2.45) is 5.73 Å². The van der Waals surface area contributed by atoms with Crippen LogP contribution in [-0.4, -0.2) is 29.9 Å². The van der Waals surface area contributed by atoms with Gasteiger partial charge < -0.3 is 10.6 Å². The molecule has 0 unspecified atom stereocenters. The number of nitrogens with zero attached hydrogens (tertiary/aromatic N) is 2. The van der Waals surface area contributed by atoms with Crippen molar-refractivity contribution in [1.82, 2.24) is 10.3 Å².